The zero-order chi connectivity index (χ0) is 15.0. The molecule has 108 valence electrons. The summed E-state index contributed by atoms with van der Waals surface area (Å²) in [4.78, 5) is 3.71. The maximum atomic E-state index is 13.2. The fraction of sp³-hybridized carbons (Fsp3) is 0.133. The number of nitrogen functional groups attached to an aromatic ring is 1. The van der Waals surface area contributed by atoms with Crippen LogP contribution in [0.2, 0.25) is 0 Å². The summed E-state index contributed by atoms with van der Waals surface area (Å²) in [5, 5.41) is 0. The molecule has 0 radical (unpaired) electrons. The third-order valence-electron chi connectivity index (χ3n) is 3.23. The molecule has 0 fully saturated rings. The van der Waals surface area contributed by atoms with Crippen molar-refractivity contribution in [1.29, 1.82) is 0 Å². The van der Waals surface area contributed by atoms with E-state index < -0.39 is 12.0 Å². The van der Waals surface area contributed by atoms with Crippen LogP contribution in [-0.2, 0) is 12.7 Å². The monoisotopic (exact) mass is 291 g/mol. The molecule has 21 heavy (non-hydrogen) atoms. The summed E-state index contributed by atoms with van der Waals surface area (Å²) in [6, 6.07) is 13.3. The van der Waals surface area contributed by atoms with Gasteiger partial charge in [-0.25, -0.2) is 4.98 Å². The number of halogens is 3. The number of rotatable bonds is 2. The van der Waals surface area contributed by atoms with Crippen LogP contribution in [0.1, 0.15) is 11.4 Å². The Kier molecular flexibility index (Phi) is 3.08. The molecule has 3 aromatic rings. The van der Waals surface area contributed by atoms with Gasteiger partial charge in [-0.05, 0) is 29.8 Å². The number of para-hydroxylation sites is 2. The molecular weight excluding hydrogens is 279 g/mol. The molecule has 0 bridgehead atoms. The predicted molar refractivity (Wildman–Crippen MR) is 74.7 cm³/mol. The van der Waals surface area contributed by atoms with Crippen LogP contribution < -0.4 is 5.73 Å². The molecule has 3 rings (SSSR count). The lowest BCUT2D eigenvalue weighted by Gasteiger charge is -2.11. The lowest BCUT2D eigenvalue weighted by molar-refractivity contribution is -0.146. The number of nitrogens with two attached hydrogens (primary N) is 1. The van der Waals surface area contributed by atoms with Crippen molar-refractivity contribution in [3.63, 3.8) is 0 Å². The molecular formula is C15H12F3N3. The van der Waals surface area contributed by atoms with Gasteiger partial charge in [-0.1, -0.05) is 24.3 Å². The van der Waals surface area contributed by atoms with Gasteiger partial charge >= 0.3 is 6.18 Å². The van der Waals surface area contributed by atoms with Gasteiger partial charge in [0.2, 0.25) is 5.82 Å². The van der Waals surface area contributed by atoms with E-state index >= 15 is 0 Å². The Bertz CT molecular complexity index is 773. The van der Waals surface area contributed by atoms with Gasteiger partial charge in [-0.3, -0.25) is 0 Å². The molecule has 0 aliphatic heterocycles. The number of fused-ring (bicyclic) bond motifs is 1. The summed E-state index contributed by atoms with van der Waals surface area (Å²) in [7, 11) is 0. The Morgan fingerprint density at radius 1 is 1.00 bits per heavy atom. The second-order valence-corrected chi connectivity index (χ2v) is 4.75. The summed E-state index contributed by atoms with van der Waals surface area (Å²) >= 11 is 0. The van der Waals surface area contributed by atoms with Crippen LogP contribution in [0, 0.1) is 0 Å². The first kappa shape index (κ1) is 13.5. The number of hydrogen-bond acceptors (Lipinski definition) is 2. The first-order valence-corrected chi connectivity index (χ1v) is 6.32. The van der Waals surface area contributed by atoms with Gasteiger partial charge in [0.15, 0.2) is 0 Å². The maximum absolute atomic E-state index is 13.2. The number of benzene rings is 2. The van der Waals surface area contributed by atoms with E-state index in [4.69, 9.17) is 5.73 Å². The Morgan fingerprint density at radius 3 is 2.33 bits per heavy atom. The quantitative estimate of drug-likeness (QED) is 0.732. The smallest absolute Gasteiger partial charge is 0.399 e. The lowest BCUT2D eigenvalue weighted by atomic mass is 10.2. The average Bonchev–Trinajstić information content (AvgIpc) is 2.81. The van der Waals surface area contributed by atoms with E-state index in [0.717, 1.165) is 5.56 Å². The third-order valence-corrected chi connectivity index (χ3v) is 3.23. The maximum Gasteiger partial charge on any atom is 0.449 e. The van der Waals surface area contributed by atoms with Gasteiger partial charge in [0.05, 0.1) is 11.0 Å². The lowest BCUT2D eigenvalue weighted by Crippen LogP contribution is -2.15. The van der Waals surface area contributed by atoms with Crippen LogP contribution >= 0.6 is 0 Å². The highest BCUT2D eigenvalue weighted by molar-refractivity contribution is 5.76. The van der Waals surface area contributed by atoms with E-state index in [1.165, 1.54) is 4.57 Å². The minimum Gasteiger partial charge on any atom is -0.399 e. The molecule has 1 aromatic heterocycles. The average molecular weight is 291 g/mol. The van der Waals surface area contributed by atoms with Gasteiger partial charge in [0.25, 0.3) is 0 Å². The molecule has 2 N–H and O–H groups in total. The Hall–Kier alpha value is -2.50. The number of alkyl halides is 3. The van der Waals surface area contributed by atoms with Crippen molar-refractivity contribution in [2.45, 2.75) is 12.7 Å². The molecule has 0 aliphatic carbocycles. The molecule has 0 saturated carbocycles. The highest BCUT2D eigenvalue weighted by Gasteiger charge is 2.37. The van der Waals surface area contributed by atoms with E-state index in [9.17, 15) is 13.2 Å². The van der Waals surface area contributed by atoms with Gasteiger partial charge in [0, 0.05) is 12.2 Å². The number of hydrogen-bond donors (Lipinski definition) is 1. The van der Waals surface area contributed by atoms with Crippen molar-refractivity contribution in [2.24, 2.45) is 0 Å². The van der Waals surface area contributed by atoms with E-state index in [2.05, 4.69) is 4.98 Å². The number of imidazole rings is 1. The molecule has 0 amide bonds. The first-order chi connectivity index (χ1) is 9.95. The van der Waals surface area contributed by atoms with Crippen molar-refractivity contribution in [1.82, 2.24) is 9.55 Å². The summed E-state index contributed by atoms with van der Waals surface area (Å²) in [5.41, 5.74) is 7.69. The first-order valence-electron chi connectivity index (χ1n) is 6.32. The van der Waals surface area contributed by atoms with E-state index in [-0.39, 0.29) is 6.54 Å². The standard InChI is InChI=1S/C15H12F3N3/c16-15(17,18)14-20-12-3-1-2-4-13(12)21(14)9-10-5-7-11(19)8-6-10/h1-8H,9,19H2. The van der Waals surface area contributed by atoms with E-state index in [1.54, 1.807) is 48.5 Å². The second kappa shape index (κ2) is 4.80. The summed E-state index contributed by atoms with van der Waals surface area (Å²) in [5.74, 6) is -0.888. The Morgan fingerprint density at radius 2 is 1.67 bits per heavy atom. The number of aromatic nitrogens is 2. The van der Waals surface area contributed by atoms with E-state index in [1.807, 2.05) is 0 Å². The van der Waals surface area contributed by atoms with Crippen LogP contribution in [0.4, 0.5) is 18.9 Å². The van der Waals surface area contributed by atoms with Crippen LogP contribution in [0.3, 0.4) is 0 Å². The van der Waals surface area contributed by atoms with Crippen molar-refractivity contribution in [3.8, 4) is 0 Å². The third kappa shape index (κ3) is 2.56. The Labute approximate surface area is 118 Å². The van der Waals surface area contributed by atoms with E-state index in [0.29, 0.717) is 16.7 Å². The van der Waals surface area contributed by atoms with Crippen LogP contribution in [-0.4, -0.2) is 9.55 Å². The zero-order valence-electron chi connectivity index (χ0n) is 10.9. The molecule has 0 atom stereocenters. The largest absolute Gasteiger partial charge is 0.449 e. The van der Waals surface area contributed by atoms with Gasteiger partial charge in [-0.2, -0.15) is 13.2 Å². The van der Waals surface area contributed by atoms with Crippen molar-refractivity contribution >= 4 is 16.7 Å². The summed E-state index contributed by atoms with van der Waals surface area (Å²) in [6.45, 7) is 0.0929. The van der Waals surface area contributed by atoms with Crippen LogP contribution in [0.25, 0.3) is 11.0 Å². The summed E-state index contributed by atoms with van der Waals surface area (Å²) < 4.78 is 40.6. The topological polar surface area (TPSA) is 43.8 Å². The van der Waals surface area contributed by atoms with Crippen molar-refractivity contribution in [2.75, 3.05) is 5.73 Å². The minimum atomic E-state index is -4.49. The van der Waals surface area contributed by atoms with Gasteiger partial charge < -0.3 is 10.3 Å². The molecule has 0 unspecified atom stereocenters. The van der Waals surface area contributed by atoms with Gasteiger partial charge in [0.1, 0.15) is 0 Å². The van der Waals surface area contributed by atoms with Crippen LogP contribution in [0.15, 0.2) is 48.5 Å². The van der Waals surface area contributed by atoms with Gasteiger partial charge in [-0.15, -0.1) is 0 Å². The SMILES string of the molecule is Nc1ccc(Cn2c(C(F)(F)F)nc3ccccc32)cc1. The zero-order valence-corrected chi connectivity index (χ0v) is 10.9. The molecule has 0 spiro atoms. The molecule has 6 heteroatoms. The predicted octanol–water partition coefficient (Wildman–Crippen LogP) is 3.69. The number of nitrogens with zero attached hydrogens (tertiary/aromatic N) is 2. The highest BCUT2D eigenvalue weighted by Crippen LogP contribution is 2.32. The molecule has 1 heterocycles. The molecule has 0 saturated heterocycles. The molecule has 3 nitrogen and oxygen atoms in total. The molecule has 0 aliphatic rings. The Balaban J connectivity index is 2.13. The normalized spacial score (nSPS) is 12.0. The van der Waals surface area contributed by atoms with Crippen molar-refractivity contribution < 1.29 is 13.2 Å². The van der Waals surface area contributed by atoms with Crippen molar-refractivity contribution in [3.05, 3.63) is 59.9 Å². The fourth-order valence-electron chi connectivity index (χ4n) is 2.26. The number of anilines is 1. The summed E-state index contributed by atoms with van der Waals surface area (Å²) in [6.07, 6.45) is -4.49. The minimum absolute atomic E-state index is 0.0929. The second-order valence-electron chi connectivity index (χ2n) is 4.75. The molecule has 2 aromatic carbocycles. The van der Waals surface area contributed by atoms with Crippen LogP contribution in [0.5, 0.6) is 0 Å². The highest BCUT2D eigenvalue weighted by atomic mass is 19.4. The fourth-order valence-corrected chi connectivity index (χ4v) is 2.26.